The Bertz CT molecular complexity index is 1050. The molecule has 2 atom stereocenters. The number of hydrogen-bond acceptors (Lipinski definition) is 6. The molecule has 4 rings (SSSR count). The summed E-state index contributed by atoms with van der Waals surface area (Å²) >= 11 is 0. The van der Waals surface area contributed by atoms with Crippen LogP contribution in [0.25, 0.3) is 0 Å². The van der Waals surface area contributed by atoms with E-state index in [1.165, 1.54) is 22.9 Å². The number of hydrogen-bond donors (Lipinski definition) is 3. The summed E-state index contributed by atoms with van der Waals surface area (Å²) in [5.74, 6) is -1.13. The Balaban J connectivity index is 1.55. The molecular formula is C26H39N5O5S. The summed E-state index contributed by atoms with van der Waals surface area (Å²) in [6, 6.07) is 5.93. The molecule has 10 nitrogen and oxygen atoms in total. The molecule has 0 bridgehead atoms. The van der Waals surface area contributed by atoms with E-state index >= 15 is 0 Å². The SMILES string of the molecule is NC(=O)C(CC1CCCCC1)NC(=O)C1CN(C(=O)C2CCNCC2)CCN1S(=O)(=O)c1ccccc1. The third kappa shape index (κ3) is 6.69. The zero-order valence-electron chi connectivity index (χ0n) is 21.3. The summed E-state index contributed by atoms with van der Waals surface area (Å²) < 4.78 is 28.3. The number of benzene rings is 1. The molecule has 1 aromatic carbocycles. The molecule has 204 valence electrons. The lowest BCUT2D eigenvalue weighted by Gasteiger charge is -2.41. The lowest BCUT2D eigenvalue weighted by Crippen LogP contribution is -2.63. The van der Waals surface area contributed by atoms with Gasteiger partial charge in [0.15, 0.2) is 0 Å². The molecule has 11 heteroatoms. The molecular weight excluding hydrogens is 494 g/mol. The van der Waals surface area contributed by atoms with Crippen LogP contribution in [0, 0.1) is 11.8 Å². The number of primary amides is 1. The largest absolute Gasteiger partial charge is 0.368 e. The molecule has 1 saturated carbocycles. The van der Waals surface area contributed by atoms with Crippen molar-refractivity contribution in [3.8, 4) is 0 Å². The van der Waals surface area contributed by atoms with Crippen LogP contribution < -0.4 is 16.4 Å². The maximum atomic E-state index is 13.6. The van der Waals surface area contributed by atoms with Gasteiger partial charge < -0.3 is 21.3 Å². The van der Waals surface area contributed by atoms with Crippen LogP contribution in [0.5, 0.6) is 0 Å². The minimum absolute atomic E-state index is 0.00408. The van der Waals surface area contributed by atoms with Crippen molar-refractivity contribution in [2.24, 2.45) is 17.6 Å². The second kappa shape index (κ2) is 12.4. The zero-order chi connectivity index (χ0) is 26.4. The van der Waals surface area contributed by atoms with Crippen LogP contribution in [0.2, 0.25) is 0 Å². The van der Waals surface area contributed by atoms with Gasteiger partial charge in [-0.3, -0.25) is 14.4 Å². The quantitative estimate of drug-likeness (QED) is 0.452. The summed E-state index contributed by atoms with van der Waals surface area (Å²) in [4.78, 5) is 40.8. The van der Waals surface area contributed by atoms with Crippen molar-refractivity contribution in [2.75, 3.05) is 32.7 Å². The molecule has 4 N–H and O–H groups in total. The molecule has 3 aliphatic rings. The maximum Gasteiger partial charge on any atom is 0.243 e. The first kappa shape index (κ1) is 27.5. The lowest BCUT2D eigenvalue weighted by atomic mass is 9.84. The molecule has 0 spiro atoms. The summed E-state index contributed by atoms with van der Waals surface area (Å²) in [6.45, 7) is 1.65. The Hall–Kier alpha value is -2.50. The number of amides is 3. The smallest absolute Gasteiger partial charge is 0.243 e. The normalized spacial score (nSPS) is 23.4. The van der Waals surface area contributed by atoms with Crippen LogP contribution in [0.3, 0.4) is 0 Å². The number of nitrogens with one attached hydrogen (secondary N) is 2. The minimum atomic E-state index is -4.01. The number of nitrogens with two attached hydrogens (primary N) is 1. The summed E-state index contributed by atoms with van der Waals surface area (Å²) in [5, 5.41) is 6.00. The van der Waals surface area contributed by atoms with E-state index in [2.05, 4.69) is 10.6 Å². The average molecular weight is 534 g/mol. The number of carbonyl (C=O) groups is 3. The molecule has 2 unspecified atom stereocenters. The lowest BCUT2D eigenvalue weighted by molar-refractivity contribution is -0.141. The van der Waals surface area contributed by atoms with Crippen molar-refractivity contribution in [3.63, 3.8) is 0 Å². The Labute approximate surface area is 219 Å². The van der Waals surface area contributed by atoms with E-state index in [0.29, 0.717) is 25.2 Å². The standard InChI is InChI=1S/C26H39N5O5S/c27-24(32)22(17-19-7-3-1-4-8-19)29-25(33)23-18-30(26(34)20-11-13-28-14-12-20)15-16-31(23)37(35,36)21-9-5-2-6-10-21/h2,5-6,9-10,19-20,22-23,28H,1,3-4,7-8,11-18H2,(H2,27,32)(H,29,33). The molecule has 2 saturated heterocycles. The van der Waals surface area contributed by atoms with Crippen molar-refractivity contribution >= 4 is 27.7 Å². The highest BCUT2D eigenvalue weighted by molar-refractivity contribution is 7.89. The van der Waals surface area contributed by atoms with Crippen LogP contribution in [0.4, 0.5) is 0 Å². The summed E-state index contributed by atoms with van der Waals surface area (Å²) in [7, 11) is -4.01. The Morgan fingerprint density at radius 1 is 1.00 bits per heavy atom. The fourth-order valence-electron chi connectivity index (χ4n) is 5.79. The van der Waals surface area contributed by atoms with Gasteiger partial charge in [-0.25, -0.2) is 8.42 Å². The van der Waals surface area contributed by atoms with Gasteiger partial charge >= 0.3 is 0 Å². The van der Waals surface area contributed by atoms with Crippen LogP contribution in [-0.4, -0.2) is 80.2 Å². The predicted molar refractivity (Wildman–Crippen MR) is 139 cm³/mol. The van der Waals surface area contributed by atoms with Gasteiger partial charge in [0.1, 0.15) is 12.1 Å². The van der Waals surface area contributed by atoms with Crippen molar-refractivity contribution in [1.82, 2.24) is 19.8 Å². The number of carbonyl (C=O) groups excluding carboxylic acids is 3. The van der Waals surface area contributed by atoms with E-state index < -0.39 is 33.9 Å². The first-order chi connectivity index (χ1) is 17.8. The van der Waals surface area contributed by atoms with Gasteiger partial charge in [-0.1, -0.05) is 50.3 Å². The first-order valence-corrected chi connectivity index (χ1v) is 14.9. The third-order valence-electron chi connectivity index (χ3n) is 7.94. The van der Waals surface area contributed by atoms with Crippen LogP contribution >= 0.6 is 0 Å². The van der Waals surface area contributed by atoms with E-state index in [4.69, 9.17) is 5.73 Å². The van der Waals surface area contributed by atoms with Gasteiger partial charge in [-0.2, -0.15) is 4.31 Å². The number of nitrogens with zero attached hydrogens (tertiary/aromatic N) is 2. The Morgan fingerprint density at radius 2 is 1.68 bits per heavy atom. The van der Waals surface area contributed by atoms with E-state index in [9.17, 15) is 22.8 Å². The summed E-state index contributed by atoms with van der Waals surface area (Å²) in [5.41, 5.74) is 5.66. The second-order valence-electron chi connectivity index (χ2n) is 10.5. The maximum absolute atomic E-state index is 13.6. The van der Waals surface area contributed by atoms with Gasteiger partial charge in [0, 0.05) is 25.6 Å². The second-order valence-corrected chi connectivity index (χ2v) is 12.3. The minimum Gasteiger partial charge on any atom is -0.368 e. The van der Waals surface area contributed by atoms with E-state index in [-0.39, 0.29) is 36.4 Å². The van der Waals surface area contributed by atoms with Crippen molar-refractivity contribution in [1.29, 1.82) is 0 Å². The molecule has 3 amide bonds. The molecule has 0 radical (unpaired) electrons. The first-order valence-electron chi connectivity index (χ1n) is 13.4. The van der Waals surface area contributed by atoms with Gasteiger partial charge in [0.05, 0.1) is 4.90 Å². The molecule has 1 aliphatic carbocycles. The molecule has 0 aromatic heterocycles. The molecule has 2 heterocycles. The molecule has 1 aromatic rings. The number of piperazine rings is 1. The highest BCUT2D eigenvalue weighted by atomic mass is 32.2. The van der Waals surface area contributed by atoms with Crippen LogP contribution in [0.1, 0.15) is 51.4 Å². The van der Waals surface area contributed by atoms with Crippen molar-refractivity contribution in [3.05, 3.63) is 30.3 Å². The van der Waals surface area contributed by atoms with Crippen LogP contribution in [0.15, 0.2) is 35.2 Å². The van der Waals surface area contributed by atoms with E-state index in [1.807, 2.05) is 0 Å². The van der Waals surface area contributed by atoms with Gasteiger partial charge in [0.25, 0.3) is 0 Å². The van der Waals surface area contributed by atoms with Gasteiger partial charge in [-0.15, -0.1) is 0 Å². The molecule has 37 heavy (non-hydrogen) atoms. The average Bonchev–Trinajstić information content (AvgIpc) is 2.93. The summed E-state index contributed by atoms with van der Waals surface area (Å²) in [6.07, 6.45) is 7.17. The van der Waals surface area contributed by atoms with E-state index in [0.717, 1.165) is 38.8 Å². The number of piperidine rings is 1. The Kier molecular flexibility index (Phi) is 9.20. The molecule has 2 aliphatic heterocycles. The highest BCUT2D eigenvalue weighted by Crippen LogP contribution is 2.28. The monoisotopic (exact) mass is 533 g/mol. The molecule has 3 fully saturated rings. The van der Waals surface area contributed by atoms with Gasteiger partial charge in [-0.05, 0) is 50.4 Å². The predicted octanol–water partition coefficient (Wildman–Crippen LogP) is 0.828. The van der Waals surface area contributed by atoms with E-state index in [1.54, 1.807) is 23.1 Å². The highest BCUT2D eigenvalue weighted by Gasteiger charge is 2.43. The van der Waals surface area contributed by atoms with Crippen LogP contribution in [-0.2, 0) is 24.4 Å². The fourth-order valence-corrected chi connectivity index (χ4v) is 7.38. The van der Waals surface area contributed by atoms with Gasteiger partial charge in [0.2, 0.25) is 27.7 Å². The Morgan fingerprint density at radius 3 is 2.32 bits per heavy atom. The van der Waals surface area contributed by atoms with Crippen molar-refractivity contribution in [2.45, 2.75) is 68.3 Å². The topological polar surface area (TPSA) is 142 Å². The number of sulfonamides is 1. The zero-order valence-corrected chi connectivity index (χ0v) is 22.1. The van der Waals surface area contributed by atoms with Crippen molar-refractivity contribution < 1.29 is 22.8 Å². The fraction of sp³-hybridized carbons (Fsp3) is 0.654. The number of rotatable bonds is 8. The third-order valence-corrected chi connectivity index (χ3v) is 9.86.